The summed E-state index contributed by atoms with van der Waals surface area (Å²) in [7, 11) is 0. The molecule has 1 saturated heterocycles. The van der Waals surface area contributed by atoms with Crippen LogP contribution in [0.15, 0.2) is 18.2 Å². The normalized spacial score (nSPS) is 29.5. The highest BCUT2D eigenvalue weighted by atomic mass is 16.5. The number of rotatable bonds is 3. The maximum atomic E-state index is 12.5. The van der Waals surface area contributed by atoms with Gasteiger partial charge in [0.2, 0.25) is 0 Å². The second kappa shape index (κ2) is 4.73. The fraction of sp³-hybridized carbons (Fsp3) is 0.562. The molecule has 1 heterocycles. The molecule has 1 aliphatic carbocycles. The Morgan fingerprint density at radius 1 is 1.42 bits per heavy atom. The van der Waals surface area contributed by atoms with Crippen LogP contribution in [0, 0.1) is 5.41 Å². The van der Waals surface area contributed by atoms with E-state index in [0.717, 1.165) is 12.0 Å². The van der Waals surface area contributed by atoms with Gasteiger partial charge in [-0.2, -0.15) is 0 Å². The predicted molar refractivity (Wildman–Crippen MR) is 74.1 cm³/mol. The Balaban J connectivity index is 1.76. The summed E-state index contributed by atoms with van der Waals surface area (Å²) < 4.78 is 5.36. The van der Waals surface area contributed by atoms with Crippen molar-refractivity contribution in [1.29, 1.82) is 0 Å². The summed E-state index contributed by atoms with van der Waals surface area (Å²) in [5.74, 6) is 0.204. The summed E-state index contributed by atoms with van der Waals surface area (Å²) in [5, 5.41) is 0. The first kappa shape index (κ1) is 12.8. The Bertz CT molecular complexity index is 511. The Hall–Kier alpha value is -1.19. The highest BCUT2D eigenvalue weighted by Gasteiger charge is 2.43. The van der Waals surface area contributed by atoms with E-state index in [1.54, 1.807) is 0 Å². The third-order valence-electron chi connectivity index (χ3n) is 4.68. The minimum Gasteiger partial charge on any atom is -0.379 e. The molecule has 0 spiro atoms. The summed E-state index contributed by atoms with van der Waals surface area (Å²) in [5.41, 5.74) is 9.48. The zero-order chi connectivity index (χ0) is 13.5. The Labute approximate surface area is 114 Å². The number of Topliss-reactive ketones (excluding diaryl/α,β-unsaturated/α-hetero) is 1. The van der Waals surface area contributed by atoms with Gasteiger partial charge >= 0.3 is 0 Å². The summed E-state index contributed by atoms with van der Waals surface area (Å²) in [6, 6.07) is 6.30. The minimum absolute atomic E-state index is 0.172. The minimum atomic E-state index is -0.515. The third kappa shape index (κ3) is 2.21. The lowest BCUT2D eigenvalue weighted by molar-refractivity contribution is -0.127. The maximum Gasteiger partial charge on any atom is 0.147 e. The molecule has 3 rings (SSSR count). The molecule has 1 fully saturated rings. The van der Waals surface area contributed by atoms with E-state index in [1.807, 2.05) is 6.92 Å². The van der Waals surface area contributed by atoms with Crippen LogP contribution in [0.25, 0.3) is 0 Å². The van der Waals surface area contributed by atoms with Gasteiger partial charge < -0.3 is 10.5 Å². The maximum absolute atomic E-state index is 12.5. The molecule has 2 aliphatic rings. The van der Waals surface area contributed by atoms with Gasteiger partial charge in [-0.3, -0.25) is 4.79 Å². The van der Waals surface area contributed by atoms with Crippen molar-refractivity contribution in [3.05, 3.63) is 34.9 Å². The van der Waals surface area contributed by atoms with Crippen molar-refractivity contribution < 1.29 is 9.53 Å². The number of aryl methyl sites for hydroxylation is 2. The molecule has 0 bridgehead atoms. The van der Waals surface area contributed by atoms with Crippen molar-refractivity contribution >= 4 is 5.78 Å². The van der Waals surface area contributed by atoms with Gasteiger partial charge in [-0.15, -0.1) is 0 Å². The largest absolute Gasteiger partial charge is 0.379 e. The summed E-state index contributed by atoms with van der Waals surface area (Å²) in [6.07, 6.45) is 4.04. The Morgan fingerprint density at radius 3 is 2.95 bits per heavy atom. The lowest BCUT2D eigenvalue weighted by Gasteiger charge is -2.25. The first-order chi connectivity index (χ1) is 9.09. The monoisotopic (exact) mass is 259 g/mol. The van der Waals surface area contributed by atoms with Crippen molar-refractivity contribution in [3.8, 4) is 0 Å². The van der Waals surface area contributed by atoms with E-state index in [9.17, 15) is 4.79 Å². The predicted octanol–water partition coefficient (Wildman–Crippen LogP) is 1.65. The van der Waals surface area contributed by atoms with Gasteiger partial charge in [-0.1, -0.05) is 18.2 Å². The van der Waals surface area contributed by atoms with Crippen molar-refractivity contribution in [3.63, 3.8) is 0 Å². The van der Waals surface area contributed by atoms with Crippen LogP contribution in [0.4, 0.5) is 0 Å². The van der Waals surface area contributed by atoms with E-state index in [-0.39, 0.29) is 11.8 Å². The van der Waals surface area contributed by atoms with E-state index in [4.69, 9.17) is 10.5 Å². The molecule has 0 radical (unpaired) electrons. The lowest BCUT2D eigenvalue weighted by atomic mass is 9.79. The lowest BCUT2D eigenvalue weighted by Crippen LogP contribution is -2.45. The van der Waals surface area contributed by atoms with Crippen LogP contribution in [0.5, 0.6) is 0 Å². The standard InChI is InChI=1S/C16H21NO2/c1-16(10-19-9-14(16)17)15(18)8-11-5-6-12-3-2-4-13(12)7-11/h5-7,14H,2-4,8-10,17H2,1H3. The van der Waals surface area contributed by atoms with Crippen molar-refractivity contribution in [2.24, 2.45) is 11.1 Å². The van der Waals surface area contributed by atoms with Gasteiger partial charge in [0.05, 0.1) is 18.6 Å². The molecule has 0 saturated carbocycles. The third-order valence-corrected chi connectivity index (χ3v) is 4.68. The highest BCUT2D eigenvalue weighted by Crippen LogP contribution is 2.30. The molecule has 102 valence electrons. The molecule has 1 aromatic rings. The number of hydrogen-bond acceptors (Lipinski definition) is 3. The smallest absolute Gasteiger partial charge is 0.147 e. The van der Waals surface area contributed by atoms with E-state index in [0.29, 0.717) is 19.6 Å². The van der Waals surface area contributed by atoms with E-state index >= 15 is 0 Å². The molecule has 2 unspecified atom stereocenters. The number of benzene rings is 1. The molecule has 1 aliphatic heterocycles. The molecule has 2 N–H and O–H groups in total. The average Bonchev–Trinajstić information content (AvgIpc) is 2.97. The van der Waals surface area contributed by atoms with Crippen molar-refractivity contribution in [2.45, 2.75) is 38.6 Å². The Morgan fingerprint density at radius 2 is 2.21 bits per heavy atom. The SMILES string of the molecule is CC1(C(=O)Cc2ccc3c(c2)CCC3)COCC1N. The second-order valence-corrected chi connectivity index (χ2v) is 6.10. The highest BCUT2D eigenvalue weighted by molar-refractivity contribution is 5.87. The van der Waals surface area contributed by atoms with Crippen molar-refractivity contribution in [1.82, 2.24) is 0 Å². The Kier molecular flexibility index (Phi) is 3.19. The van der Waals surface area contributed by atoms with E-state index in [1.165, 1.54) is 24.0 Å². The number of fused-ring (bicyclic) bond motifs is 1. The zero-order valence-corrected chi connectivity index (χ0v) is 11.4. The van der Waals surface area contributed by atoms with Gasteiger partial charge in [0, 0.05) is 12.5 Å². The van der Waals surface area contributed by atoms with Gasteiger partial charge in [0.1, 0.15) is 5.78 Å². The number of carbonyl (C=O) groups is 1. The van der Waals surface area contributed by atoms with Crippen LogP contribution in [0.2, 0.25) is 0 Å². The van der Waals surface area contributed by atoms with E-state index in [2.05, 4.69) is 18.2 Å². The number of ketones is 1. The first-order valence-electron chi connectivity index (χ1n) is 7.07. The zero-order valence-electron chi connectivity index (χ0n) is 11.4. The molecule has 2 atom stereocenters. The first-order valence-corrected chi connectivity index (χ1v) is 7.07. The van der Waals surface area contributed by atoms with Crippen LogP contribution in [0.3, 0.4) is 0 Å². The van der Waals surface area contributed by atoms with E-state index < -0.39 is 5.41 Å². The van der Waals surface area contributed by atoms with Gasteiger partial charge in [0.15, 0.2) is 0 Å². The summed E-state index contributed by atoms with van der Waals surface area (Å²) in [4.78, 5) is 12.5. The fourth-order valence-corrected chi connectivity index (χ4v) is 3.10. The number of hydrogen-bond donors (Lipinski definition) is 1. The fourth-order valence-electron chi connectivity index (χ4n) is 3.10. The van der Waals surface area contributed by atoms with Crippen LogP contribution >= 0.6 is 0 Å². The molecule has 3 heteroatoms. The number of ether oxygens (including phenoxy) is 1. The molecule has 1 aromatic carbocycles. The van der Waals surface area contributed by atoms with Crippen LogP contribution in [0.1, 0.15) is 30.0 Å². The number of carbonyl (C=O) groups excluding carboxylic acids is 1. The van der Waals surface area contributed by atoms with Gasteiger partial charge in [-0.05, 0) is 42.9 Å². The summed E-state index contributed by atoms with van der Waals surface area (Å²) in [6.45, 7) is 2.88. The molecule has 19 heavy (non-hydrogen) atoms. The number of nitrogens with two attached hydrogens (primary N) is 1. The van der Waals surface area contributed by atoms with Crippen molar-refractivity contribution in [2.75, 3.05) is 13.2 Å². The van der Waals surface area contributed by atoms with Crippen LogP contribution < -0.4 is 5.73 Å². The molecule has 0 amide bonds. The summed E-state index contributed by atoms with van der Waals surface area (Å²) >= 11 is 0. The topological polar surface area (TPSA) is 52.3 Å². The average molecular weight is 259 g/mol. The quantitative estimate of drug-likeness (QED) is 0.898. The molecular weight excluding hydrogens is 238 g/mol. The van der Waals surface area contributed by atoms with Gasteiger partial charge in [0.25, 0.3) is 0 Å². The van der Waals surface area contributed by atoms with Crippen LogP contribution in [-0.2, 0) is 28.8 Å². The molecule has 0 aromatic heterocycles. The second-order valence-electron chi connectivity index (χ2n) is 6.10. The van der Waals surface area contributed by atoms with Crippen LogP contribution in [-0.4, -0.2) is 25.0 Å². The molecular formula is C16H21NO2. The van der Waals surface area contributed by atoms with Gasteiger partial charge in [-0.25, -0.2) is 0 Å². The molecule has 3 nitrogen and oxygen atoms in total.